The largest absolute Gasteiger partial charge is 0.444 e. The van der Waals surface area contributed by atoms with Crippen LogP contribution < -0.4 is 5.56 Å². The summed E-state index contributed by atoms with van der Waals surface area (Å²) in [7, 11) is 0. The van der Waals surface area contributed by atoms with E-state index in [1.165, 1.54) is 12.1 Å². The number of nitrogens with one attached hydrogen (secondary N) is 1. The van der Waals surface area contributed by atoms with Gasteiger partial charge in [-0.15, -0.1) is 0 Å². The number of aromatic amines is 1. The third-order valence-electron chi connectivity index (χ3n) is 4.82. The minimum atomic E-state index is -0.579. The van der Waals surface area contributed by atoms with Gasteiger partial charge in [0.15, 0.2) is 0 Å². The molecule has 1 atom stereocenters. The lowest BCUT2D eigenvalue weighted by molar-refractivity contribution is 0.0222. The van der Waals surface area contributed by atoms with Crippen molar-refractivity contribution in [3.05, 3.63) is 56.8 Å². The average molecular weight is 375 g/mol. The number of carbonyl (C=O) groups is 1. The zero-order valence-corrected chi connectivity index (χ0v) is 16.4. The summed E-state index contributed by atoms with van der Waals surface area (Å²) in [4.78, 5) is 26.4. The highest BCUT2D eigenvalue weighted by Gasteiger charge is 2.30. The van der Waals surface area contributed by atoms with Gasteiger partial charge in [-0.25, -0.2) is 9.18 Å². The van der Waals surface area contributed by atoms with E-state index in [4.69, 9.17) is 4.74 Å². The van der Waals surface area contributed by atoms with Crippen LogP contribution in [-0.4, -0.2) is 32.9 Å². The van der Waals surface area contributed by atoms with Crippen LogP contribution in [0.3, 0.4) is 0 Å². The third kappa shape index (κ3) is 3.91. The summed E-state index contributed by atoms with van der Waals surface area (Å²) in [6.45, 7) is 9.97. The Balaban J connectivity index is 1.88. The summed E-state index contributed by atoms with van der Waals surface area (Å²) >= 11 is 0. The first-order valence-corrected chi connectivity index (χ1v) is 9.13. The van der Waals surface area contributed by atoms with Gasteiger partial charge in [0.05, 0.1) is 18.2 Å². The van der Waals surface area contributed by atoms with Crippen molar-refractivity contribution in [2.45, 2.75) is 59.2 Å². The van der Waals surface area contributed by atoms with Crippen molar-refractivity contribution in [2.75, 3.05) is 6.54 Å². The predicted molar refractivity (Wildman–Crippen MR) is 100 cm³/mol. The second-order valence-corrected chi connectivity index (χ2v) is 8.06. The van der Waals surface area contributed by atoms with E-state index in [-0.39, 0.29) is 24.0 Å². The van der Waals surface area contributed by atoms with Gasteiger partial charge in [-0.1, -0.05) is 6.07 Å². The lowest BCUT2D eigenvalue weighted by Gasteiger charge is -2.30. The van der Waals surface area contributed by atoms with Crippen LogP contribution in [0.5, 0.6) is 0 Å². The molecular weight excluding hydrogens is 349 g/mol. The van der Waals surface area contributed by atoms with Crippen molar-refractivity contribution in [3.63, 3.8) is 0 Å². The summed E-state index contributed by atoms with van der Waals surface area (Å²) in [6, 6.07) is 4.52. The Kier molecular flexibility index (Phi) is 4.88. The van der Waals surface area contributed by atoms with Crippen molar-refractivity contribution in [3.8, 4) is 0 Å². The van der Waals surface area contributed by atoms with E-state index < -0.39 is 11.7 Å². The van der Waals surface area contributed by atoms with Gasteiger partial charge in [-0.05, 0) is 57.9 Å². The van der Waals surface area contributed by atoms with Crippen molar-refractivity contribution >= 4 is 6.09 Å². The summed E-state index contributed by atoms with van der Waals surface area (Å²) in [5.41, 5.74) is 2.46. The summed E-state index contributed by atoms with van der Waals surface area (Å²) in [5.74, 6) is -0.278. The fourth-order valence-electron chi connectivity index (χ4n) is 3.53. The summed E-state index contributed by atoms with van der Waals surface area (Å²) < 4.78 is 20.7. The van der Waals surface area contributed by atoms with Gasteiger partial charge < -0.3 is 9.64 Å². The number of ether oxygens (including phenoxy) is 1. The maximum Gasteiger partial charge on any atom is 0.410 e. The number of aromatic nitrogens is 2. The maximum atomic E-state index is 13.4. The normalized spacial score (nSPS) is 15.4. The number of rotatable bonds is 2. The Morgan fingerprint density at radius 1 is 1.33 bits per heavy atom. The molecule has 0 bridgehead atoms. The number of nitrogens with zero attached hydrogens (tertiary/aromatic N) is 2. The minimum absolute atomic E-state index is 0.143. The zero-order valence-electron chi connectivity index (χ0n) is 16.4. The molecule has 0 saturated heterocycles. The van der Waals surface area contributed by atoms with Crippen LogP contribution in [0.1, 0.15) is 56.1 Å². The van der Waals surface area contributed by atoms with E-state index in [0.29, 0.717) is 18.5 Å². The first kappa shape index (κ1) is 19.2. The quantitative estimate of drug-likeness (QED) is 0.873. The Morgan fingerprint density at radius 3 is 2.67 bits per heavy atom. The number of fused-ring (bicyclic) bond motifs is 1. The van der Waals surface area contributed by atoms with Crippen LogP contribution in [0.2, 0.25) is 0 Å². The van der Waals surface area contributed by atoms with Gasteiger partial charge in [0, 0.05) is 18.7 Å². The molecule has 1 N–H and O–H groups in total. The Labute approximate surface area is 157 Å². The average Bonchev–Trinajstić information content (AvgIpc) is 2.89. The molecular formula is C20H26FN3O3. The number of aryl methyl sites for hydroxylation is 1. The monoisotopic (exact) mass is 375 g/mol. The standard InChI is InChI=1S/C20H26FN3O3/c1-12-10-14(21)6-7-15(12)13(2)24-17-8-9-23(11-16(17)18(25)22-24)19(26)27-20(3,4)5/h6-7,10,13H,8-9,11H2,1-5H3,(H,22,25). The number of benzene rings is 1. The zero-order chi connectivity index (χ0) is 19.9. The lowest BCUT2D eigenvalue weighted by atomic mass is 10.0. The molecule has 0 spiro atoms. The van der Waals surface area contributed by atoms with Crippen molar-refractivity contribution in [2.24, 2.45) is 0 Å². The van der Waals surface area contributed by atoms with E-state index in [0.717, 1.165) is 16.8 Å². The van der Waals surface area contributed by atoms with E-state index in [9.17, 15) is 14.0 Å². The fraction of sp³-hybridized carbons (Fsp3) is 0.500. The molecule has 146 valence electrons. The van der Waals surface area contributed by atoms with Gasteiger partial charge in [-0.3, -0.25) is 14.6 Å². The van der Waals surface area contributed by atoms with Crippen LogP contribution >= 0.6 is 0 Å². The molecule has 1 aliphatic rings. The van der Waals surface area contributed by atoms with E-state index in [1.807, 2.05) is 39.3 Å². The van der Waals surface area contributed by atoms with Crippen molar-refractivity contribution in [1.82, 2.24) is 14.7 Å². The molecule has 1 aromatic carbocycles. The molecule has 0 saturated carbocycles. The molecule has 2 aromatic rings. The first-order valence-electron chi connectivity index (χ1n) is 9.13. The molecule has 0 aliphatic carbocycles. The molecule has 1 aliphatic heterocycles. The fourth-order valence-corrected chi connectivity index (χ4v) is 3.53. The van der Waals surface area contributed by atoms with Crippen molar-refractivity contribution < 1.29 is 13.9 Å². The molecule has 1 amide bonds. The highest BCUT2D eigenvalue weighted by molar-refractivity contribution is 5.68. The number of hydrogen-bond donors (Lipinski definition) is 1. The van der Waals surface area contributed by atoms with Crippen LogP contribution in [0.4, 0.5) is 9.18 Å². The molecule has 0 radical (unpaired) electrons. The Bertz CT molecular complexity index is 924. The number of halogens is 1. The molecule has 3 rings (SSSR count). The number of H-pyrrole nitrogens is 1. The third-order valence-corrected chi connectivity index (χ3v) is 4.82. The van der Waals surface area contributed by atoms with Crippen molar-refractivity contribution in [1.29, 1.82) is 0 Å². The Morgan fingerprint density at radius 2 is 2.04 bits per heavy atom. The predicted octanol–water partition coefficient (Wildman–Crippen LogP) is 3.53. The number of amides is 1. The molecule has 1 unspecified atom stereocenters. The van der Waals surface area contributed by atoms with Gasteiger partial charge in [0.25, 0.3) is 5.56 Å². The minimum Gasteiger partial charge on any atom is -0.444 e. The van der Waals surface area contributed by atoms with E-state index >= 15 is 0 Å². The number of carbonyl (C=O) groups excluding carboxylic acids is 1. The van der Waals surface area contributed by atoms with Crippen LogP contribution in [-0.2, 0) is 17.7 Å². The Hall–Kier alpha value is -2.57. The first-order chi connectivity index (χ1) is 12.6. The van der Waals surface area contributed by atoms with Crippen LogP contribution in [0.15, 0.2) is 23.0 Å². The van der Waals surface area contributed by atoms with Gasteiger partial charge in [0.2, 0.25) is 0 Å². The second kappa shape index (κ2) is 6.87. The smallest absolute Gasteiger partial charge is 0.410 e. The highest BCUT2D eigenvalue weighted by atomic mass is 19.1. The van der Waals surface area contributed by atoms with Gasteiger partial charge in [0.1, 0.15) is 11.4 Å². The maximum absolute atomic E-state index is 13.4. The molecule has 2 heterocycles. The molecule has 1 aromatic heterocycles. The molecule has 6 nitrogen and oxygen atoms in total. The molecule has 27 heavy (non-hydrogen) atoms. The van der Waals surface area contributed by atoms with Gasteiger partial charge >= 0.3 is 6.09 Å². The van der Waals surface area contributed by atoms with Gasteiger partial charge in [-0.2, -0.15) is 0 Å². The van der Waals surface area contributed by atoms with Crippen LogP contribution in [0, 0.1) is 12.7 Å². The van der Waals surface area contributed by atoms with E-state index in [1.54, 1.807) is 11.0 Å². The molecule has 0 fully saturated rings. The summed E-state index contributed by atoms with van der Waals surface area (Å²) in [6.07, 6.45) is 0.139. The highest BCUT2D eigenvalue weighted by Crippen LogP contribution is 2.26. The summed E-state index contributed by atoms with van der Waals surface area (Å²) in [5, 5.41) is 2.89. The second-order valence-electron chi connectivity index (χ2n) is 8.06. The van der Waals surface area contributed by atoms with Crippen LogP contribution in [0.25, 0.3) is 0 Å². The number of hydrogen-bond acceptors (Lipinski definition) is 3. The SMILES string of the molecule is Cc1cc(F)ccc1C(C)n1[nH]c(=O)c2c1CCN(C(=O)OC(C)(C)C)C2. The topological polar surface area (TPSA) is 67.3 Å². The lowest BCUT2D eigenvalue weighted by Crippen LogP contribution is -2.41. The van der Waals surface area contributed by atoms with E-state index in [2.05, 4.69) is 5.10 Å². The molecule has 7 heteroatoms.